The maximum absolute atomic E-state index is 12.4. The molecule has 0 aliphatic carbocycles. The minimum atomic E-state index is -0.371. The van der Waals surface area contributed by atoms with Gasteiger partial charge in [-0.15, -0.1) is 0 Å². The number of ether oxygens (including phenoxy) is 1. The quantitative estimate of drug-likeness (QED) is 0.686. The fourth-order valence-electron chi connectivity index (χ4n) is 3.05. The van der Waals surface area contributed by atoms with Crippen molar-refractivity contribution in [2.24, 2.45) is 0 Å². The highest BCUT2D eigenvalue weighted by Gasteiger charge is 2.24. The van der Waals surface area contributed by atoms with Crippen LogP contribution in [0.25, 0.3) is 6.08 Å². The molecule has 1 unspecified atom stereocenters. The minimum Gasteiger partial charge on any atom is -0.465 e. The largest absolute Gasteiger partial charge is 0.465 e. The first-order valence-corrected chi connectivity index (χ1v) is 8.32. The third kappa shape index (κ3) is 4.15. The number of benzene rings is 1. The molecule has 25 heavy (non-hydrogen) atoms. The molecule has 1 fully saturated rings. The molecular weight excluding hydrogens is 318 g/mol. The number of likely N-dealkylation sites (tertiary alicyclic amines) is 1. The molecule has 1 N–H and O–H groups in total. The highest BCUT2D eigenvalue weighted by molar-refractivity contribution is 5.92. The zero-order chi connectivity index (χ0) is 17.6. The van der Waals surface area contributed by atoms with Crippen molar-refractivity contribution in [3.8, 4) is 0 Å². The van der Waals surface area contributed by atoms with Crippen LogP contribution in [0.4, 0.5) is 0 Å². The van der Waals surface area contributed by atoms with Crippen molar-refractivity contribution < 1.29 is 14.3 Å². The number of piperidine rings is 1. The summed E-state index contributed by atoms with van der Waals surface area (Å²) in [6, 6.07) is 8.92. The number of nitrogens with zero attached hydrogens (tertiary/aromatic N) is 2. The van der Waals surface area contributed by atoms with Crippen LogP contribution in [-0.2, 0) is 9.53 Å². The lowest BCUT2D eigenvalue weighted by Crippen LogP contribution is -2.38. The Bertz CT molecular complexity index is 751. The SMILES string of the molecule is COC(=O)c1ccc(/C=C/C(=O)N2CCCC(c3ccn[nH]3)C2)cc1. The normalized spacial score (nSPS) is 17.6. The van der Waals surface area contributed by atoms with E-state index in [-0.39, 0.29) is 11.9 Å². The maximum Gasteiger partial charge on any atom is 0.337 e. The van der Waals surface area contributed by atoms with Gasteiger partial charge in [-0.25, -0.2) is 4.79 Å². The number of aromatic nitrogens is 2. The van der Waals surface area contributed by atoms with Gasteiger partial charge in [-0.2, -0.15) is 5.10 Å². The van der Waals surface area contributed by atoms with Gasteiger partial charge in [0.15, 0.2) is 0 Å². The fourth-order valence-corrected chi connectivity index (χ4v) is 3.05. The summed E-state index contributed by atoms with van der Waals surface area (Å²) in [5, 5.41) is 6.99. The van der Waals surface area contributed by atoms with E-state index in [1.54, 1.807) is 42.6 Å². The van der Waals surface area contributed by atoms with Crippen LogP contribution in [0.2, 0.25) is 0 Å². The fraction of sp³-hybridized carbons (Fsp3) is 0.316. The predicted octanol–water partition coefficient (Wildman–Crippen LogP) is 2.62. The van der Waals surface area contributed by atoms with E-state index in [1.807, 2.05) is 11.0 Å². The lowest BCUT2D eigenvalue weighted by molar-refractivity contribution is -0.127. The average molecular weight is 339 g/mol. The molecule has 130 valence electrons. The van der Waals surface area contributed by atoms with Crippen molar-refractivity contribution in [1.82, 2.24) is 15.1 Å². The van der Waals surface area contributed by atoms with E-state index in [9.17, 15) is 9.59 Å². The first kappa shape index (κ1) is 17.0. The number of amides is 1. The highest BCUT2D eigenvalue weighted by Crippen LogP contribution is 2.25. The number of carbonyl (C=O) groups excluding carboxylic acids is 2. The number of carbonyl (C=O) groups is 2. The van der Waals surface area contributed by atoms with Crippen LogP contribution in [0.5, 0.6) is 0 Å². The molecule has 0 radical (unpaired) electrons. The smallest absolute Gasteiger partial charge is 0.337 e. The summed E-state index contributed by atoms with van der Waals surface area (Å²) in [5.74, 6) is -0.0565. The van der Waals surface area contributed by atoms with Crippen molar-refractivity contribution in [1.29, 1.82) is 0 Å². The van der Waals surface area contributed by atoms with Gasteiger partial charge in [-0.1, -0.05) is 12.1 Å². The van der Waals surface area contributed by atoms with E-state index in [2.05, 4.69) is 14.9 Å². The first-order valence-electron chi connectivity index (χ1n) is 8.32. The zero-order valence-electron chi connectivity index (χ0n) is 14.1. The minimum absolute atomic E-state index is 0.00117. The van der Waals surface area contributed by atoms with Crippen LogP contribution >= 0.6 is 0 Å². The molecule has 2 aromatic rings. The van der Waals surface area contributed by atoms with E-state index in [1.165, 1.54) is 7.11 Å². The summed E-state index contributed by atoms with van der Waals surface area (Å²) in [5.41, 5.74) is 2.44. The second-order valence-electron chi connectivity index (χ2n) is 6.08. The summed E-state index contributed by atoms with van der Waals surface area (Å²) in [4.78, 5) is 25.7. The van der Waals surface area contributed by atoms with Gasteiger partial charge in [0.1, 0.15) is 0 Å². The molecule has 1 saturated heterocycles. The number of H-pyrrole nitrogens is 1. The number of aromatic amines is 1. The van der Waals surface area contributed by atoms with Crippen molar-refractivity contribution in [3.63, 3.8) is 0 Å². The predicted molar refractivity (Wildman–Crippen MR) is 94.0 cm³/mol. The first-order chi connectivity index (χ1) is 12.2. The molecule has 1 aromatic carbocycles. The lowest BCUT2D eigenvalue weighted by atomic mass is 9.95. The Morgan fingerprint density at radius 2 is 2.08 bits per heavy atom. The summed E-state index contributed by atoms with van der Waals surface area (Å²) >= 11 is 0. The number of esters is 1. The molecule has 3 rings (SSSR count). The van der Waals surface area contributed by atoms with Crippen molar-refractivity contribution in [3.05, 3.63) is 59.4 Å². The standard InChI is InChI=1S/C19H21N3O3/c1-25-19(24)15-7-4-14(5-8-15)6-9-18(23)22-12-2-3-16(13-22)17-10-11-20-21-17/h4-11,16H,2-3,12-13H2,1H3,(H,20,21)/b9-6+. The number of rotatable bonds is 4. The average Bonchev–Trinajstić information content (AvgIpc) is 3.21. The summed E-state index contributed by atoms with van der Waals surface area (Å²) in [6.45, 7) is 1.47. The number of hydrogen-bond acceptors (Lipinski definition) is 4. The van der Waals surface area contributed by atoms with Crippen LogP contribution in [0.15, 0.2) is 42.6 Å². The Hall–Kier alpha value is -2.89. The highest BCUT2D eigenvalue weighted by atomic mass is 16.5. The summed E-state index contributed by atoms with van der Waals surface area (Å²) in [7, 11) is 1.35. The Kier molecular flexibility index (Phi) is 5.28. The van der Waals surface area contributed by atoms with E-state index in [0.717, 1.165) is 30.6 Å². The van der Waals surface area contributed by atoms with Gasteiger partial charge in [-0.05, 0) is 42.7 Å². The van der Waals surface area contributed by atoms with Crippen LogP contribution in [-0.4, -0.2) is 47.2 Å². The van der Waals surface area contributed by atoms with Gasteiger partial charge in [-0.3, -0.25) is 9.89 Å². The molecule has 0 saturated carbocycles. The molecule has 1 amide bonds. The number of nitrogens with one attached hydrogen (secondary N) is 1. The van der Waals surface area contributed by atoms with Gasteiger partial charge < -0.3 is 9.64 Å². The monoisotopic (exact) mass is 339 g/mol. The van der Waals surface area contributed by atoms with Crippen molar-refractivity contribution in [2.45, 2.75) is 18.8 Å². The second-order valence-corrected chi connectivity index (χ2v) is 6.08. The molecule has 0 bridgehead atoms. The van der Waals surface area contributed by atoms with E-state index < -0.39 is 0 Å². The van der Waals surface area contributed by atoms with Gasteiger partial charge in [0, 0.05) is 37.0 Å². The van der Waals surface area contributed by atoms with Crippen LogP contribution in [0.1, 0.15) is 40.4 Å². The van der Waals surface area contributed by atoms with Crippen LogP contribution < -0.4 is 0 Å². The third-order valence-electron chi connectivity index (χ3n) is 4.45. The molecule has 1 aliphatic rings. The molecule has 2 heterocycles. The van der Waals surface area contributed by atoms with Crippen LogP contribution in [0, 0.1) is 0 Å². The Morgan fingerprint density at radius 3 is 2.76 bits per heavy atom. The van der Waals surface area contributed by atoms with E-state index in [0.29, 0.717) is 18.0 Å². The molecule has 1 aliphatic heterocycles. The van der Waals surface area contributed by atoms with Gasteiger partial charge in [0.2, 0.25) is 5.91 Å². The third-order valence-corrected chi connectivity index (χ3v) is 4.45. The van der Waals surface area contributed by atoms with Gasteiger partial charge in [0.05, 0.1) is 12.7 Å². The van der Waals surface area contributed by atoms with Gasteiger partial charge >= 0.3 is 5.97 Å². The molecule has 1 aromatic heterocycles. The summed E-state index contributed by atoms with van der Waals surface area (Å²) in [6.07, 6.45) is 7.14. The lowest BCUT2D eigenvalue weighted by Gasteiger charge is -2.31. The second kappa shape index (κ2) is 7.79. The number of methoxy groups -OCH3 is 1. The Balaban J connectivity index is 1.61. The van der Waals surface area contributed by atoms with E-state index in [4.69, 9.17) is 0 Å². The Labute approximate surface area is 146 Å². The van der Waals surface area contributed by atoms with Gasteiger partial charge in [0.25, 0.3) is 0 Å². The van der Waals surface area contributed by atoms with E-state index >= 15 is 0 Å². The van der Waals surface area contributed by atoms with Crippen LogP contribution in [0.3, 0.4) is 0 Å². The number of hydrogen-bond donors (Lipinski definition) is 1. The van der Waals surface area contributed by atoms with Crippen molar-refractivity contribution >= 4 is 18.0 Å². The zero-order valence-corrected chi connectivity index (χ0v) is 14.1. The van der Waals surface area contributed by atoms with Crippen molar-refractivity contribution in [2.75, 3.05) is 20.2 Å². The molecule has 1 atom stereocenters. The Morgan fingerprint density at radius 1 is 1.28 bits per heavy atom. The molecule has 6 nitrogen and oxygen atoms in total. The summed E-state index contributed by atoms with van der Waals surface area (Å²) < 4.78 is 4.67. The molecule has 6 heteroatoms. The molecular formula is C19H21N3O3. The topological polar surface area (TPSA) is 75.3 Å². The maximum atomic E-state index is 12.4. The molecule has 0 spiro atoms.